The molecule has 4 rings (SSSR count). The molecule has 216 valence electrons. The zero-order chi connectivity index (χ0) is 31.2. The lowest BCUT2D eigenvalue weighted by atomic mass is 10.00. The lowest BCUT2D eigenvalue weighted by molar-refractivity contribution is -0.191. The summed E-state index contributed by atoms with van der Waals surface area (Å²) in [5, 5.41) is 0. The molecule has 0 spiro atoms. The van der Waals surface area contributed by atoms with Crippen molar-refractivity contribution in [1.29, 1.82) is 0 Å². The first-order valence-corrected chi connectivity index (χ1v) is 12.6. The fourth-order valence-corrected chi connectivity index (χ4v) is 3.71. The van der Waals surface area contributed by atoms with Crippen molar-refractivity contribution < 1.29 is 41.5 Å². The minimum Gasteiger partial charge on any atom is -0.294 e. The Balaban J connectivity index is 0.000000271. The molecule has 0 N–H and O–H groups in total. The third kappa shape index (κ3) is 9.57. The minimum atomic E-state index is -0.735. The predicted octanol–water partition coefficient (Wildman–Crippen LogP) is 7.10. The van der Waals surface area contributed by atoms with E-state index in [0.29, 0.717) is 23.1 Å². The van der Waals surface area contributed by atoms with Crippen LogP contribution in [0.2, 0.25) is 0 Å². The molecular formula is C33H26F4O5. The van der Waals surface area contributed by atoms with E-state index in [4.69, 9.17) is 9.59 Å². The fraction of sp³-hybridized carbons (Fsp3) is 0.152. The van der Waals surface area contributed by atoms with Crippen LogP contribution in [0, 0.1) is 30.2 Å². The molecule has 0 heterocycles. The molecule has 0 aromatic heterocycles. The Hall–Kier alpha value is -5.01. The van der Waals surface area contributed by atoms with E-state index in [1.807, 2.05) is 6.92 Å². The van der Waals surface area contributed by atoms with Gasteiger partial charge in [-0.3, -0.25) is 14.4 Å². The van der Waals surface area contributed by atoms with Crippen LogP contribution in [-0.2, 0) is 22.4 Å². The van der Waals surface area contributed by atoms with E-state index in [0.717, 1.165) is 29.8 Å². The first-order chi connectivity index (χ1) is 20.0. The molecule has 0 radical (unpaired) electrons. The Labute approximate surface area is 239 Å². The van der Waals surface area contributed by atoms with Gasteiger partial charge in [-0.05, 0) is 31.2 Å². The van der Waals surface area contributed by atoms with E-state index in [-0.39, 0.29) is 41.7 Å². The van der Waals surface area contributed by atoms with Gasteiger partial charge in [0.15, 0.2) is 17.3 Å². The molecule has 4 aromatic rings. The fourth-order valence-electron chi connectivity index (χ4n) is 3.71. The van der Waals surface area contributed by atoms with Crippen LogP contribution in [0.5, 0.6) is 0 Å². The van der Waals surface area contributed by atoms with Crippen LogP contribution < -0.4 is 0 Å². The van der Waals surface area contributed by atoms with Crippen molar-refractivity contribution in [2.45, 2.75) is 33.1 Å². The number of halogens is 4. The number of aryl methyl sites for hydroxylation is 1. The highest BCUT2D eigenvalue weighted by atomic mass is 19.1. The van der Waals surface area contributed by atoms with E-state index in [2.05, 4.69) is 0 Å². The third-order valence-corrected chi connectivity index (χ3v) is 6.02. The highest BCUT2D eigenvalue weighted by Crippen LogP contribution is 2.17. The SMILES string of the molecule is CCC(=O)c1ccc(C(=O)Cc2c(F)cccc2F)cc1.Cc1ccc(C(=O)Cc2c(F)cccc2F)cc1.O=C=O. The molecule has 5 nitrogen and oxygen atoms in total. The molecule has 0 saturated carbocycles. The molecule has 0 amide bonds. The molecule has 0 saturated heterocycles. The maximum Gasteiger partial charge on any atom is 0.373 e. The zero-order valence-corrected chi connectivity index (χ0v) is 22.8. The van der Waals surface area contributed by atoms with Gasteiger partial charge >= 0.3 is 6.15 Å². The van der Waals surface area contributed by atoms with Crippen LogP contribution in [0.4, 0.5) is 17.6 Å². The Bertz CT molecular complexity index is 1530. The van der Waals surface area contributed by atoms with Gasteiger partial charge in [0.05, 0.1) is 0 Å². The smallest absolute Gasteiger partial charge is 0.294 e. The summed E-state index contributed by atoms with van der Waals surface area (Å²) >= 11 is 0. The number of Topliss-reactive ketones (excluding diaryl/α,β-unsaturated/α-hetero) is 3. The van der Waals surface area contributed by atoms with Gasteiger partial charge in [-0.1, -0.05) is 73.2 Å². The Morgan fingerprint density at radius 1 is 0.548 bits per heavy atom. The number of hydrogen-bond acceptors (Lipinski definition) is 5. The van der Waals surface area contributed by atoms with Crippen LogP contribution in [0.1, 0.15) is 61.1 Å². The van der Waals surface area contributed by atoms with Gasteiger partial charge in [0.25, 0.3) is 0 Å². The standard InChI is InChI=1S/C17H14F2O2.C15H12F2O.CO2/c1-2-16(20)11-6-8-12(9-7-11)17(21)10-13-14(18)4-3-5-15(13)19;1-10-5-7-11(8-6-10)15(18)9-12-13(16)3-2-4-14(12)17;2-1-3/h3-9H,2,10H2,1H3;2-8H,9H2,1H3;. The van der Waals surface area contributed by atoms with E-state index >= 15 is 0 Å². The highest BCUT2D eigenvalue weighted by Gasteiger charge is 2.16. The molecule has 0 bridgehead atoms. The second kappa shape index (κ2) is 16.3. The molecule has 0 aliphatic carbocycles. The van der Waals surface area contributed by atoms with Crippen molar-refractivity contribution in [2.24, 2.45) is 0 Å². The maximum atomic E-state index is 13.5. The van der Waals surface area contributed by atoms with Crippen molar-refractivity contribution in [3.63, 3.8) is 0 Å². The normalized spacial score (nSPS) is 9.86. The molecule has 0 aliphatic heterocycles. The van der Waals surface area contributed by atoms with Gasteiger partial charge in [0.1, 0.15) is 23.3 Å². The minimum absolute atomic E-state index is 0.0193. The predicted molar refractivity (Wildman–Crippen MR) is 146 cm³/mol. The lowest BCUT2D eigenvalue weighted by Crippen LogP contribution is -2.08. The summed E-state index contributed by atoms with van der Waals surface area (Å²) in [5.74, 6) is -3.55. The van der Waals surface area contributed by atoms with Crippen LogP contribution in [0.15, 0.2) is 84.9 Å². The molecule has 42 heavy (non-hydrogen) atoms. The second-order valence-corrected chi connectivity index (χ2v) is 8.90. The number of benzene rings is 4. The number of carbonyl (C=O) groups excluding carboxylic acids is 5. The maximum absolute atomic E-state index is 13.5. The summed E-state index contributed by atoms with van der Waals surface area (Å²) in [4.78, 5) is 51.7. The lowest BCUT2D eigenvalue weighted by Gasteiger charge is -2.05. The van der Waals surface area contributed by atoms with Crippen LogP contribution in [0.3, 0.4) is 0 Å². The number of carbonyl (C=O) groups is 3. The Kier molecular flexibility index (Phi) is 12.9. The van der Waals surface area contributed by atoms with Gasteiger partial charge in [-0.2, -0.15) is 9.59 Å². The number of ketones is 3. The molecule has 4 aromatic carbocycles. The zero-order valence-electron chi connectivity index (χ0n) is 22.8. The van der Waals surface area contributed by atoms with Crippen molar-refractivity contribution in [3.05, 3.63) is 142 Å². The average molecular weight is 579 g/mol. The van der Waals surface area contributed by atoms with E-state index in [1.165, 1.54) is 24.3 Å². The third-order valence-electron chi connectivity index (χ3n) is 6.02. The summed E-state index contributed by atoms with van der Waals surface area (Å²) in [6.07, 6.45) is 0.0227. The van der Waals surface area contributed by atoms with Gasteiger partial charge < -0.3 is 0 Å². The van der Waals surface area contributed by atoms with Gasteiger partial charge in [0.2, 0.25) is 0 Å². The first kappa shape index (κ1) is 33.2. The van der Waals surface area contributed by atoms with Crippen LogP contribution >= 0.6 is 0 Å². The average Bonchev–Trinajstić information content (AvgIpc) is 2.97. The summed E-state index contributed by atoms with van der Waals surface area (Å²) in [7, 11) is 0. The van der Waals surface area contributed by atoms with Crippen molar-refractivity contribution in [3.8, 4) is 0 Å². The molecule has 0 aliphatic rings. The number of rotatable bonds is 8. The Morgan fingerprint density at radius 3 is 1.14 bits per heavy atom. The molecule has 9 heteroatoms. The van der Waals surface area contributed by atoms with E-state index in [1.54, 1.807) is 43.3 Å². The molecule has 0 unspecified atom stereocenters. The van der Waals surface area contributed by atoms with Gasteiger partial charge in [-0.15, -0.1) is 0 Å². The largest absolute Gasteiger partial charge is 0.373 e. The molecule has 0 atom stereocenters. The molecular weight excluding hydrogens is 552 g/mol. The monoisotopic (exact) mass is 578 g/mol. The summed E-state index contributed by atoms with van der Waals surface area (Å²) in [6, 6.07) is 20.1. The van der Waals surface area contributed by atoms with Crippen molar-refractivity contribution in [1.82, 2.24) is 0 Å². The van der Waals surface area contributed by atoms with E-state index < -0.39 is 29.1 Å². The summed E-state index contributed by atoms with van der Waals surface area (Å²) in [6.45, 7) is 3.66. The summed E-state index contributed by atoms with van der Waals surface area (Å²) < 4.78 is 53.8. The van der Waals surface area contributed by atoms with Crippen LogP contribution in [0.25, 0.3) is 0 Å². The van der Waals surface area contributed by atoms with Crippen molar-refractivity contribution >= 4 is 23.5 Å². The Morgan fingerprint density at radius 2 is 0.833 bits per heavy atom. The van der Waals surface area contributed by atoms with E-state index in [9.17, 15) is 31.9 Å². The second-order valence-electron chi connectivity index (χ2n) is 8.90. The van der Waals surface area contributed by atoms with Crippen molar-refractivity contribution in [2.75, 3.05) is 0 Å². The van der Waals surface area contributed by atoms with Gasteiger partial charge in [0, 0.05) is 47.1 Å². The summed E-state index contributed by atoms with van der Waals surface area (Å²) in [5.41, 5.74) is 1.92. The quantitative estimate of drug-likeness (QED) is 0.165. The number of hydrogen-bond donors (Lipinski definition) is 0. The topological polar surface area (TPSA) is 85.3 Å². The van der Waals surface area contributed by atoms with Gasteiger partial charge in [-0.25, -0.2) is 17.6 Å². The highest BCUT2D eigenvalue weighted by molar-refractivity contribution is 6.00. The van der Waals surface area contributed by atoms with Crippen LogP contribution in [-0.4, -0.2) is 23.5 Å². The molecule has 0 fully saturated rings. The first-order valence-electron chi connectivity index (χ1n) is 12.6.